The molecule has 0 atom stereocenters. The van der Waals surface area contributed by atoms with E-state index in [0.29, 0.717) is 5.02 Å². The van der Waals surface area contributed by atoms with Crippen LogP contribution in [0.1, 0.15) is 11.1 Å². The number of nitrogens with two attached hydrogens (primary N) is 1. The second-order valence-electron chi connectivity index (χ2n) is 2.57. The summed E-state index contributed by atoms with van der Waals surface area (Å²) in [6.45, 7) is 1.87. The highest BCUT2D eigenvalue weighted by Gasteiger charge is 1.95. The summed E-state index contributed by atoms with van der Waals surface area (Å²) in [6, 6.07) is 5.26. The molecule has 66 valence electrons. The van der Waals surface area contributed by atoms with E-state index in [4.69, 9.17) is 17.3 Å². The molecule has 1 aromatic rings. The van der Waals surface area contributed by atoms with Crippen molar-refractivity contribution in [3.8, 4) is 11.8 Å². The van der Waals surface area contributed by atoms with Gasteiger partial charge in [-0.3, -0.25) is 4.79 Å². The number of halogens is 1. The average molecular weight is 194 g/mol. The average Bonchev–Trinajstić information content (AvgIpc) is 2.02. The molecule has 0 radical (unpaired) electrons. The van der Waals surface area contributed by atoms with Gasteiger partial charge in [-0.25, -0.2) is 0 Å². The van der Waals surface area contributed by atoms with Crippen LogP contribution >= 0.6 is 11.6 Å². The Morgan fingerprint density at radius 1 is 1.54 bits per heavy atom. The number of benzene rings is 1. The predicted molar refractivity (Wildman–Crippen MR) is 52.3 cm³/mol. The fourth-order valence-electron chi connectivity index (χ4n) is 0.896. The van der Waals surface area contributed by atoms with Gasteiger partial charge >= 0.3 is 0 Å². The topological polar surface area (TPSA) is 43.1 Å². The molecule has 1 rings (SSSR count). The van der Waals surface area contributed by atoms with Crippen molar-refractivity contribution in [3.63, 3.8) is 0 Å². The van der Waals surface area contributed by atoms with Gasteiger partial charge in [-0.05, 0) is 36.6 Å². The van der Waals surface area contributed by atoms with E-state index in [1.165, 1.54) is 0 Å². The molecule has 0 heterocycles. The van der Waals surface area contributed by atoms with Crippen LogP contribution in [0.5, 0.6) is 0 Å². The van der Waals surface area contributed by atoms with Gasteiger partial charge in [-0.1, -0.05) is 17.5 Å². The quantitative estimate of drug-likeness (QED) is 0.624. The van der Waals surface area contributed by atoms with Crippen molar-refractivity contribution in [2.75, 3.05) is 0 Å². The van der Waals surface area contributed by atoms with Crippen LogP contribution in [0.4, 0.5) is 0 Å². The van der Waals surface area contributed by atoms with E-state index in [2.05, 4.69) is 11.8 Å². The summed E-state index contributed by atoms with van der Waals surface area (Å²) in [6.07, 6.45) is 0. The minimum Gasteiger partial charge on any atom is -0.359 e. The summed E-state index contributed by atoms with van der Waals surface area (Å²) < 4.78 is 0. The first-order valence-electron chi connectivity index (χ1n) is 3.67. The fourth-order valence-corrected chi connectivity index (χ4v) is 1.12. The monoisotopic (exact) mass is 193 g/mol. The van der Waals surface area contributed by atoms with Crippen molar-refractivity contribution in [1.82, 2.24) is 0 Å². The van der Waals surface area contributed by atoms with Crippen LogP contribution in [0, 0.1) is 18.8 Å². The Hall–Kier alpha value is -1.46. The molecule has 0 saturated carbocycles. The molecule has 3 heteroatoms. The zero-order valence-corrected chi connectivity index (χ0v) is 7.85. The Kier molecular flexibility index (Phi) is 2.94. The van der Waals surface area contributed by atoms with E-state index in [-0.39, 0.29) is 0 Å². The molecule has 0 saturated heterocycles. The summed E-state index contributed by atoms with van der Waals surface area (Å²) in [5.74, 6) is 4.29. The van der Waals surface area contributed by atoms with Crippen molar-refractivity contribution < 1.29 is 4.79 Å². The van der Waals surface area contributed by atoms with E-state index in [1.54, 1.807) is 18.2 Å². The minimum absolute atomic E-state index is 0.630. The van der Waals surface area contributed by atoms with Gasteiger partial charge in [0.1, 0.15) is 0 Å². The lowest BCUT2D eigenvalue weighted by Crippen LogP contribution is -2.06. The normalized spacial score (nSPS) is 8.77. The molecule has 1 aromatic carbocycles. The SMILES string of the molecule is Cc1cc(Cl)ccc1C#CC(N)=O. The van der Waals surface area contributed by atoms with Gasteiger partial charge in [-0.15, -0.1) is 0 Å². The maximum Gasteiger partial charge on any atom is 0.293 e. The van der Waals surface area contributed by atoms with Crippen LogP contribution < -0.4 is 5.73 Å². The highest BCUT2D eigenvalue weighted by Crippen LogP contribution is 2.13. The Labute approximate surface area is 81.7 Å². The molecule has 0 bridgehead atoms. The summed E-state index contributed by atoms with van der Waals surface area (Å²) in [7, 11) is 0. The maximum absolute atomic E-state index is 10.4. The summed E-state index contributed by atoms with van der Waals surface area (Å²) in [5.41, 5.74) is 6.58. The Morgan fingerprint density at radius 2 is 2.23 bits per heavy atom. The summed E-state index contributed by atoms with van der Waals surface area (Å²) >= 11 is 5.74. The number of amides is 1. The Bertz CT molecular complexity index is 401. The number of primary amides is 1. The van der Waals surface area contributed by atoms with Crippen LogP contribution in [0.25, 0.3) is 0 Å². The molecule has 0 fully saturated rings. The third-order valence-corrected chi connectivity index (χ3v) is 1.74. The third kappa shape index (κ3) is 2.81. The van der Waals surface area contributed by atoms with Gasteiger partial charge in [0, 0.05) is 10.6 Å². The number of hydrogen-bond donors (Lipinski definition) is 1. The zero-order chi connectivity index (χ0) is 9.84. The zero-order valence-electron chi connectivity index (χ0n) is 7.10. The van der Waals surface area contributed by atoms with Crippen molar-refractivity contribution >= 4 is 17.5 Å². The lowest BCUT2D eigenvalue weighted by molar-refractivity contribution is -0.112. The molecule has 0 aliphatic rings. The highest BCUT2D eigenvalue weighted by atomic mass is 35.5. The molecule has 0 aromatic heterocycles. The van der Waals surface area contributed by atoms with Gasteiger partial charge < -0.3 is 5.73 Å². The number of rotatable bonds is 0. The maximum atomic E-state index is 10.4. The standard InChI is InChI=1S/C10H8ClNO/c1-7-6-9(11)4-2-8(7)3-5-10(12)13/h2,4,6H,1H3,(H2,12,13). The second-order valence-corrected chi connectivity index (χ2v) is 3.01. The minimum atomic E-state index is -0.630. The van der Waals surface area contributed by atoms with Crippen molar-refractivity contribution in [1.29, 1.82) is 0 Å². The van der Waals surface area contributed by atoms with Crippen molar-refractivity contribution in [3.05, 3.63) is 34.3 Å². The molecule has 2 nitrogen and oxygen atoms in total. The van der Waals surface area contributed by atoms with E-state index in [9.17, 15) is 4.79 Å². The highest BCUT2D eigenvalue weighted by molar-refractivity contribution is 6.30. The lowest BCUT2D eigenvalue weighted by atomic mass is 10.1. The number of hydrogen-bond acceptors (Lipinski definition) is 1. The molecule has 1 amide bonds. The van der Waals surface area contributed by atoms with E-state index >= 15 is 0 Å². The first-order valence-corrected chi connectivity index (χ1v) is 4.05. The molecular formula is C10H8ClNO. The number of carbonyl (C=O) groups is 1. The Morgan fingerprint density at radius 3 is 2.77 bits per heavy atom. The van der Waals surface area contributed by atoms with E-state index in [1.807, 2.05) is 6.92 Å². The summed E-state index contributed by atoms with van der Waals surface area (Å²) in [4.78, 5) is 10.4. The molecule has 13 heavy (non-hydrogen) atoms. The van der Waals surface area contributed by atoms with Crippen LogP contribution in [-0.4, -0.2) is 5.91 Å². The number of carbonyl (C=O) groups excluding carboxylic acids is 1. The second kappa shape index (κ2) is 3.97. The predicted octanol–water partition coefficient (Wildman–Crippen LogP) is 1.49. The molecule has 0 unspecified atom stereocenters. The smallest absolute Gasteiger partial charge is 0.293 e. The largest absolute Gasteiger partial charge is 0.359 e. The lowest BCUT2D eigenvalue weighted by Gasteiger charge is -1.96. The summed E-state index contributed by atoms with van der Waals surface area (Å²) in [5, 5.41) is 0.655. The fraction of sp³-hybridized carbons (Fsp3) is 0.100. The van der Waals surface area contributed by atoms with Crippen LogP contribution in [0.3, 0.4) is 0 Å². The van der Waals surface area contributed by atoms with Crippen LogP contribution in [0.15, 0.2) is 18.2 Å². The van der Waals surface area contributed by atoms with Gasteiger partial charge in [0.15, 0.2) is 0 Å². The van der Waals surface area contributed by atoms with Crippen molar-refractivity contribution in [2.24, 2.45) is 5.73 Å². The molecule has 0 aliphatic carbocycles. The van der Waals surface area contributed by atoms with Crippen molar-refractivity contribution in [2.45, 2.75) is 6.92 Å². The molecule has 0 spiro atoms. The van der Waals surface area contributed by atoms with Crippen LogP contribution in [0.2, 0.25) is 5.02 Å². The molecule has 2 N–H and O–H groups in total. The van der Waals surface area contributed by atoms with Gasteiger partial charge in [-0.2, -0.15) is 0 Å². The Balaban J connectivity index is 3.05. The first-order chi connectivity index (χ1) is 6.09. The van der Waals surface area contributed by atoms with E-state index < -0.39 is 5.91 Å². The molecule has 0 aliphatic heterocycles. The molecular weight excluding hydrogens is 186 g/mol. The van der Waals surface area contributed by atoms with E-state index in [0.717, 1.165) is 11.1 Å². The van der Waals surface area contributed by atoms with Gasteiger partial charge in [0.05, 0.1) is 0 Å². The third-order valence-electron chi connectivity index (χ3n) is 1.51. The van der Waals surface area contributed by atoms with Gasteiger partial charge in [0.2, 0.25) is 0 Å². The van der Waals surface area contributed by atoms with Crippen LogP contribution in [-0.2, 0) is 4.79 Å². The number of aryl methyl sites for hydroxylation is 1. The van der Waals surface area contributed by atoms with Gasteiger partial charge in [0.25, 0.3) is 5.91 Å². The first kappa shape index (κ1) is 9.63.